The lowest BCUT2D eigenvalue weighted by Crippen LogP contribution is -2.32. The predicted molar refractivity (Wildman–Crippen MR) is 55.0 cm³/mol. The van der Waals surface area contributed by atoms with Gasteiger partial charge in [-0.25, -0.2) is 0 Å². The van der Waals surface area contributed by atoms with Crippen LogP contribution in [0.25, 0.3) is 0 Å². The number of hydrogen-bond donors (Lipinski definition) is 2. The molecule has 1 rings (SSSR count). The Labute approximate surface area is 81.2 Å². The van der Waals surface area contributed by atoms with Crippen LogP contribution < -0.4 is 10.6 Å². The summed E-state index contributed by atoms with van der Waals surface area (Å²) in [4.78, 5) is 0. The van der Waals surface area contributed by atoms with Crippen molar-refractivity contribution in [1.29, 1.82) is 0 Å². The minimum atomic E-state index is 0.700. The maximum absolute atomic E-state index is 5.39. The minimum Gasteiger partial charge on any atom is -0.381 e. The van der Waals surface area contributed by atoms with E-state index in [-0.39, 0.29) is 0 Å². The molecule has 3 heteroatoms. The highest BCUT2D eigenvalue weighted by atomic mass is 16.5. The van der Waals surface area contributed by atoms with Gasteiger partial charge in [0.25, 0.3) is 0 Å². The van der Waals surface area contributed by atoms with Gasteiger partial charge in [0.2, 0.25) is 0 Å². The molecule has 1 fully saturated rings. The van der Waals surface area contributed by atoms with Crippen molar-refractivity contribution in [2.75, 3.05) is 32.8 Å². The van der Waals surface area contributed by atoms with E-state index in [1.165, 1.54) is 13.0 Å². The molecule has 0 bridgehead atoms. The Morgan fingerprint density at radius 3 is 3.08 bits per heavy atom. The van der Waals surface area contributed by atoms with E-state index in [4.69, 9.17) is 4.74 Å². The summed E-state index contributed by atoms with van der Waals surface area (Å²) in [6, 6.07) is 0.700. The topological polar surface area (TPSA) is 33.3 Å². The van der Waals surface area contributed by atoms with Gasteiger partial charge < -0.3 is 15.4 Å². The van der Waals surface area contributed by atoms with Crippen LogP contribution in [-0.4, -0.2) is 38.9 Å². The van der Waals surface area contributed by atoms with Gasteiger partial charge in [0.15, 0.2) is 0 Å². The summed E-state index contributed by atoms with van der Waals surface area (Å²) in [5.74, 6) is 0. The molecule has 2 N–H and O–H groups in total. The van der Waals surface area contributed by atoms with Gasteiger partial charge in [-0.2, -0.15) is 0 Å². The average molecular weight is 186 g/mol. The summed E-state index contributed by atoms with van der Waals surface area (Å²) >= 11 is 0. The number of hydrogen-bond acceptors (Lipinski definition) is 3. The molecule has 0 radical (unpaired) electrons. The Morgan fingerprint density at radius 2 is 2.38 bits per heavy atom. The second-order valence-electron chi connectivity index (χ2n) is 3.61. The van der Waals surface area contributed by atoms with E-state index in [0.717, 1.165) is 39.1 Å². The summed E-state index contributed by atoms with van der Waals surface area (Å²) < 4.78 is 5.39. The van der Waals surface area contributed by atoms with Crippen LogP contribution in [0.5, 0.6) is 0 Å². The molecule has 0 aliphatic carbocycles. The molecule has 0 aromatic rings. The Morgan fingerprint density at radius 1 is 1.46 bits per heavy atom. The van der Waals surface area contributed by atoms with Gasteiger partial charge in [-0.3, -0.25) is 0 Å². The van der Waals surface area contributed by atoms with Crippen LogP contribution >= 0.6 is 0 Å². The molecule has 0 spiro atoms. The Hall–Kier alpha value is -0.120. The van der Waals surface area contributed by atoms with Crippen LogP contribution in [-0.2, 0) is 4.74 Å². The van der Waals surface area contributed by atoms with Crippen LogP contribution in [0.2, 0.25) is 0 Å². The molecule has 1 aliphatic heterocycles. The van der Waals surface area contributed by atoms with Crippen molar-refractivity contribution in [3.63, 3.8) is 0 Å². The summed E-state index contributed by atoms with van der Waals surface area (Å²) in [5.41, 5.74) is 0. The molecule has 13 heavy (non-hydrogen) atoms. The predicted octanol–water partition coefficient (Wildman–Crippen LogP) is 0.755. The molecule has 0 amide bonds. The fourth-order valence-electron chi connectivity index (χ4n) is 1.56. The standard InChI is InChI=1S/C10H22N2O/c1-2-7-13-8-3-5-12-10-4-6-11-9-10/h10-12H,2-9H2,1H3. The van der Waals surface area contributed by atoms with E-state index < -0.39 is 0 Å². The van der Waals surface area contributed by atoms with E-state index in [1.807, 2.05) is 0 Å². The lowest BCUT2D eigenvalue weighted by molar-refractivity contribution is 0.132. The first-order valence-electron chi connectivity index (χ1n) is 5.45. The average Bonchev–Trinajstić information content (AvgIpc) is 2.63. The Balaban J connectivity index is 1.78. The molecule has 0 aromatic carbocycles. The molecule has 78 valence electrons. The quantitative estimate of drug-likeness (QED) is 0.576. The van der Waals surface area contributed by atoms with E-state index in [0.29, 0.717) is 6.04 Å². The zero-order valence-electron chi connectivity index (χ0n) is 8.64. The van der Waals surface area contributed by atoms with E-state index >= 15 is 0 Å². The third kappa shape index (κ3) is 5.24. The zero-order chi connectivity index (χ0) is 9.36. The third-order valence-electron chi connectivity index (χ3n) is 2.31. The van der Waals surface area contributed by atoms with Gasteiger partial charge in [0.1, 0.15) is 0 Å². The first kappa shape index (κ1) is 11.0. The lowest BCUT2D eigenvalue weighted by Gasteiger charge is -2.10. The monoisotopic (exact) mass is 186 g/mol. The number of rotatable bonds is 7. The van der Waals surface area contributed by atoms with Crippen LogP contribution in [0.15, 0.2) is 0 Å². The van der Waals surface area contributed by atoms with Crippen LogP contribution in [0.3, 0.4) is 0 Å². The SMILES string of the molecule is CCCOCCCNC1CCNC1. The highest BCUT2D eigenvalue weighted by Crippen LogP contribution is 1.96. The van der Waals surface area contributed by atoms with Crippen molar-refractivity contribution in [1.82, 2.24) is 10.6 Å². The van der Waals surface area contributed by atoms with Crippen molar-refractivity contribution in [3.8, 4) is 0 Å². The summed E-state index contributed by atoms with van der Waals surface area (Å²) in [5, 5.41) is 6.86. The molecule has 3 nitrogen and oxygen atoms in total. The largest absolute Gasteiger partial charge is 0.381 e. The summed E-state index contributed by atoms with van der Waals surface area (Å²) in [6.07, 6.45) is 3.53. The van der Waals surface area contributed by atoms with Crippen molar-refractivity contribution >= 4 is 0 Å². The van der Waals surface area contributed by atoms with E-state index in [9.17, 15) is 0 Å². The Kier molecular flexibility index (Phi) is 6.15. The zero-order valence-corrected chi connectivity index (χ0v) is 8.64. The normalized spacial score (nSPS) is 22.4. The van der Waals surface area contributed by atoms with E-state index in [2.05, 4.69) is 17.6 Å². The highest BCUT2D eigenvalue weighted by molar-refractivity contribution is 4.76. The fraction of sp³-hybridized carbons (Fsp3) is 1.00. The molecular formula is C10H22N2O. The van der Waals surface area contributed by atoms with Gasteiger partial charge in [-0.05, 0) is 32.4 Å². The van der Waals surface area contributed by atoms with Crippen molar-refractivity contribution in [2.24, 2.45) is 0 Å². The first-order valence-corrected chi connectivity index (χ1v) is 5.45. The van der Waals surface area contributed by atoms with Crippen LogP contribution in [0.4, 0.5) is 0 Å². The lowest BCUT2D eigenvalue weighted by atomic mass is 10.2. The molecule has 1 unspecified atom stereocenters. The first-order chi connectivity index (χ1) is 6.43. The van der Waals surface area contributed by atoms with Gasteiger partial charge in [0, 0.05) is 25.8 Å². The van der Waals surface area contributed by atoms with Crippen LogP contribution in [0, 0.1) is 0 Å². The van der Waals surface area contributed by atoms with Crippen molar-refractivity contribution in [2.45, 2.75) is 32.2 Å². The summed E-state index contributed by atoms with van der Waals surface area (Å²) in [7, 11) is 0. The molecule has 1 atom stereocenters. The van der Waals surface area contributed by atoms with Gasteiger partial charge in [-0.1, -0.05) is 6.92 Å². The second kappa shape index (κ2) is 7.30. The molecule has 1 saturated heterocycles. The number of nitrogens with one attached hydrogen (secondary N) is 2. The van der Waals surface area contributed by atoms with Crippen molar-refractivity contribution < 1.29 is 4.74 Å². The second-order valence-corrected chi connectivity index (χ2v) is 3.61. The maximum Gasteiger partial charge on any atom is 0.0478 e. The molecule has 1 aliphatic rings. The van der Waals surface area contributed by atoms with Gasteiger partial charge >= 0.3 is 0 Å². The highest BCUT2D eigenvalue weighted by Gasteiger charge is 2.12. The smallest absolute Gasteiger partial charge is 0.0478 e. The van der Waals surface area contributed by atoms with E-state index in [1.54, 1.807) is 0 Å². The van der Waals surface area contributed by atoms with Crippen LogP contribution in [0.1, 0.15) is 26.2 Å². The molecule has 0 aromatic heterocycles. The molecule has 0 saturated carbocycles. The minimum absolute atomic E-state index is 0.700. The number of ether oxygens (including phenoxy) is 1. The Bertz CT molecular complexity index is 113. The molecular weight excluding hydrogens is 164 g/mol. The van der Waals surface area contributed by atoms with Crippen molar-refractivity contribution in [3.05, 3.63) is 0 Å². The van der Waals surface area contributed by atoms with Gasteiger partial charge in [0.05, 0.1) is 0 Å². The fourth-order valence-corrected chi connectivity index (χ4v) is 1.56. The molecule has 1 heterocycles. The summed E-state index contributed by atoms with van der Waals surface area (Å²) in [6.45, 7) is 7.35. The third-order valence-corrected chi connectivity index (χ3v) is 2.31. The van der Waals surface area contributed by atoms with Gasteiger partial charge in [-0.15, -0.1) is 0 Å². The maximum atomic E-state index is 5.39.